The Labute approximate surface area is 179 Å². The van der Waals surface area contributed by atoms with E-state index in [1.54, 1.807) is 29.2 Å². The van der Waals surface area contributed by atoms with Gasteiger partial charge in [0.05, 0.1) is 5.92 Å². The smallest absolute Gasteiger partial charge is 0.311 e. The monoisotopic (exact) mass is 432 g/mol. The summed E-state index contributed by atoms with van der Waals surface area (Å²) >= 11 is 5.90. The number of rotatable bonds is 5. The highest BCUT2D eigenvalue weighted by Crippen LogP contribution is 2.21. The lowest BCUT2D eigenvalue weighted by Gasteiger charge is -2.32. The van der Waals surface area contributed by atoms with Gasteiger partial charge in [-0.1, -0.05) is 17.7 Å². The molecule has 1 heterocycles. The molecular formula is C22H22ClFN2O4. The molecule has 0 aliphatic carbocycles. The number of likely N-dealkylation sites (tertiary alicyclic amines) is 1. The van der Waals surface area contributed by atoms with Crippen molar-refractivity contribution in [2.45, 2.75) is 25.9 Å². The number of carbonyl (C=O) groups excluding carboxylic acids is 3. The lowest BCUT2D eigenvalue weighted by Crippen LogP contribution is -2.44. The first-order valence-electron chi connectivity index (χ1n) is 9.65. The number of esters is 1. The fourth-order valence-corrected chi connectivity index (χ4v) is 3.45. The van der Waals surface area contributed by atoms with Crippen molar-refractivity contribution in [2.24, 2.45) is 5.92 Å². The number of nitrogens with one attached hydrogen (secondary N) is 1. The van der Waals surface area contributed by atoms with Crippen molar-refractivity contribution in [3.8, 4) is 0 Å². The summed E-state index contributed by atoms with van der Waals surface area (Å²) in [6.07, 6.45) is 0.199. The second kappa shape index (κ2) is 9.71. The van der Waals surface area contributed by atoms with E-state index in [1.165, 1.54) is 31.2 Å². The van der Waals surface area contributed by atoms with Gasteiger partial charge < -0.3 is 15.0 Å². The largest absolute Gasteiger partial charge is 0.452 e. The van der Waals surface area contributed by atoms with Crippen LogP contribution in [0, 0.1) is 11.7 Å². The summed E-state index contributed by atoms with van der Waals surface area (Å²) in [7, 11) is 0. The van der Waals surface area contributed by atoms with E-state index in [9.17, 15) is 18.8 Å². The molecule has 0 saturated carbocycles. The summed E-state index contributed by atoms with van der Waals surface area (Å²) in [6.45, 7) is 2.19. The first kappa shape index (κ1) is 21.8. The average Bonchev–Trinajstić information content (AvgIpc) is 2.73. The summed E-state index contributed by atoms with van der Waals surface area (Å²) in [5.41, 5.74) is 0.865. The van der Waals surface area contributed by atoms with Gasteiger partial charge in [-0.25, -0.2) is 4.39 Å². The molecule has 1 saturated heterocycles. The number of nitrogens with zero attached hydrogens (tertiary/aromatic N) is 1. The molecule has 3 rings (SSSR count). The van der Waals surface area contributed by atoms with Gasteiger partial charge in [-0.3, -0.25) is 14.4 Å². The molecule has 6 nitrogen and oxygen atoms in total. The molecule has 1 N–H and O–H groups in total. The SMILES string of the molecule is CC(OC(=O)C1CCCN(C(=O)c2ccc(F)cc2)C1)C(=O)Nc1cccc(Cl)c1. The number of hydrogen-bond donors (Lipinski definition) is 1. The topological polar surface area (TPSA) is 75.7 Å². The van der Waals surface area contributed by atoms with E-state index in [1.807, 2.05) is 0 Å². The zero-order valence-corrected chi connectivity index (χ0v) is 17.2. The lowest BCUT2D eigenvalue weighted by atomic mass is 9.97. The molecule has 0 radical (unpaired) electrons. The minimum atomic E-state index is -1.00. The maximum Gasteiger partial charge on any atom is 0.311 e. The van der Waals surface area contributed by atoms with Crippen molar-refractivity contribution in [3.05, 3.63) is 64.9 Å². The highest BCUT2D eigenvalue weighted by atomic mass is 35.5. The van der Waals surface area contributed by atoms with Crippen LogP contribution in [0.25, 0.3) is 0 Å². The normalized spacial score (nSPS) is 17.2. The quantitative estimate of drug-likeness (QED) is 0.727. The maximum absolute atomic E-state index is 13.1. The van der Waals surface area contributed by atoms with Gasteiger partial charge >= 0.3 is 5.97 Å². The van der Waals surface area contributed by atoms with Gasteiger partial charge in [0, 0.05) is 29.4 Å². The molecule has 2 atom stereocenters. The second-order valence-corrected chi connectivity index (χ2v) is 7.61. The predicted octanol–water partition coefficient (Wildman–Crippen LogP) is 3.90. The van der Waals surface area contributed by atoms with Crippen LogP contribution in [-0.2, 0) is 14.3 Å². The number of ether oxygens (including phenoxy) is 1. The van der Waals surface area contributed by atoms with E-state index in [-0.39, 0.29) is 12.5 Å². The van der Waals surface area contributed by atoms with Crippen LogP contribution in [0.15, 0.2) is 48.5 Å². The van der Waals surface area contributed by atoms with Crippen molar-refractivity contribution in [3.63, 3.8) is 0 Å². The van der Waals surface area contributed by atoms with Crippen molar-refractivity contribution in [1.29, 1.82) is 0 Å². The summed E-state index contributed by atoms with van der Waals surface area (Å²) < 4.78 is 18.4. The molecule has 8 heteroatoms. The number of amides is 2. The van der Waals surface area contributed by atoms with Crippen LogP contribution < -0.4 is 5.32 Å². The zero-order chi connectivity index (χ0) is 21.7. The number of halogens is 2. The molecule has 1 fully saturated rings. The second-order valence-electron chi connectivity index (χ2n) is 7.18. The Morgan fingerprint density at radius 3 is 2.63 bits per heavy atom. The Kier molecular flexibility index (Phi) is 7.05. The van der Waals surface area contributed by atoms with Crippen molar-refractivity contribution in [2.75, 3.05) is 18.4 Å². The first-order valence-corrected chi connectivity index (χ1v) is 10.0. The molecule has 2 amide bonds. The van der Waals surface area contributed by atoms with E-state index in [4.69, 9.17) is 16.3 Å². The molecular weight excluding hydrogens is 411 g/mol. The van der Waals surface area contributed by atoms with Crippen molar-refractivity contribution < 1.29 is 23.5 Å². The predicted molar refractivity (Wildman–Crippen MR) is 111 cm³/mol. The molecule has 158 valence electrons. The van der Waals surface area contributed by atoms with Gasteiger partial charge in [-0.05, 0) is 62.2 Å². The molecule has 0 aromatic heterocycles. The number of hydrogen-bond acceptors (Lipinski definition) is 4. The highest BCUT2D eigenvalue weighted by Gasteiger charge is 2.31. The van der Waals surface area contributed by atoms with E-state index < -0.39 is 29.7 Å². The minimum Gasteiger partial charge on any atom is -0.452 e. The molecule has 0 spiro atoms. The van der Waals surface area contributed by atoms with Gasteiger partial charge in [-0.2, -0.15) is 0 Å². The Morgan fingerprint density at radius 2 is 1.93 bits per heavy atom. The standard InChI is InChI=1S/C22H22ClFN2O4/c1-14(20(27)25-19-6-2-5-17(23)12-19)30-22(29)16-4-3-11-26(13-16)21(28)15-7-9-18(24)10-8-15/h2,5-10,12,14,16H,3-4,11,13H2,1H3,(H,25,27). The van der Waals surface area contributed by atoms with Gasteiger partial charge in [0.25, 0.3) is 11.8 Å². The molecule has 2 aromatic carbocycles. The first-order chi connectivity index (χ1) is 14.3. The molecule has 0 bridgehead atoms. The van der Waals surface area contributed by atoms with Crippen LogP contribution in [0.2, 0.25) is 5.02 Å². The van der Waals surface area contributed by atoms with E-state index >= 15 is 0 Å². The Balaban J connectivity index is 1.56. The van der Waals surface area contributed by atoms with E-state index in [0.717, 1.165) is 0 Å². The Hall–Kier alpha value is -2.93. The van der Waals surface area contributed by atoms with Gasteiger partial charge in [0.15, 0.2) is 6.10 Å². The zero-order valence-electron chi connectivity index (χ0n) is 16.4. The highest BCUT2D eigenvalue weighted by molar-refractivity contribution is 6.30. The van der Waals surface area contributed by atoms with E-state index in [0.29, 0.717) is 35.7 Å². The molecule has 2 aromatic rings. The van der Waals surface area contributed by atoms with Crippen LogP contribution in [0.1, 0.15) is 30.1 Å². The fourth-order valence-electron chi connectivity index (χ4n) is 3.26. The number of anilines is 1. The summed E-state index contributed by atoms with van der Waals surface area (Å²) in [5.74, 6) is -2.21. The van der Waals surface area contributed by atoms with Gasteiger partial charge in [-0.15, -0.1) is 0 Å². The third kappa shape index (κ3) is 5.57. The summed E-state index contributed by atoms with van der Waals surface area (Å²) in [5, 5.41) is 3.13. The van der Waals surface area contributed by atoms with Crippen LogP contribution in [-0.4, -0.2) is 41.9 Å². The molecule has 1 aliphatic rings. The van der Waals surface area contributed by atoms with Crippen molar-refractivity contribution in [1.82, 2.24) is 4.90 Å². The minimum absolute atomic E-state index is 0.192. The molecule has 2 unspecified atom stereocenters. The Bertz CT molecular complexity index is 935. The van der Waals surface area contributed by atoms with Gasteiger partial charge in [0.2, 0.25) is 0 Å². The van der Waals surface area contributed by atoms with Crippen molar-refractivity contribution >= 4 is 35.1 Å². The van der Waals surface area contributed by atoms with Crippen LogP contribution in [0.4, 0.5) is 10.1 Å². The van der Waals surface area contributed by atoms with E-state index in [2.05, 4.69) is 5.32 Å². The fraction of sp³-hybridized carbons (Fsp3) is 0.318. The number of benzene rings is 2. The van der Waals surface area contributed by atoms with Gasteiger partial charge in [0.1, 0.15) is 5.82 Å². The summed E-state index contributed by atoms with van der Waals surface area (Å²) in [6, 6.07) is 11.9. The average molecular weight is 433 g/mol. The third-order valence-corrected chi connectivity index (χ3v) is 5.12. The number of piperidine rings is 1. The maximum atomic E-state index is 13.1. The summed E-state index contributed by atoms with van der Waals surface area (Å²) in [4.78, 5) is 39.0. The molecule has 30 heavy (non-hydrogen) atoms. The van der Waals surface area contributed by atoms with Crippen LogP contribution >= 0.6 is 11.6 Å². The number of carbonyl (C=O) groups is 3. The third-order valence-electron chi connectivity index (χ3n) is 4.89. The molecule has 1 aliphatic heterocycles. The Morgan fingerprint density at radius 1 is 1.20 bits per heavy atom. The van der Waals surface area contributed by atoms with Crippen LogP contribution in [0.3, 0.4) is 0 Å². The lowest BCUT2D eigenvalue weighted by molar-refractivity contribution is -0.158. The van der Waals surface area contributed by atoms with Crippen LogP contribution in [0.5, 0.6) is 0 Å².